The number of carbonyl (C=O) groups excluding carboxylic acids is 1. The van der Waals surface area contributed by atoms with Crippen LogP contribution in [0.2, 0.25) is 0 Å². The molecular formula is C20H31N3O2. The maximum absolute atomic E-state index is 12.4. The number of carbonyl (C=O) groups is 1. The van der Waals surface area contributed by atoms with Gasteiger partial charge in [0.05, 0.1) is 18.1 Å². The van der Waals surface area contributed by atoms with Crippen LogP contribution < -0.4 is 0 Å². The van der Waals surface area contributed by atoms with Gasteiger partial charge in [-0.05, 0) is 59.3 Å². The number of hydrogen-bond acceptors (Lipinski definition) is 3. The second-order valence-corrected chi connectivity index (χ2v) is 9.67. The summed E-state index contributed by atoms with van der Waals surface area (Å²) in [5.41, 5.74) is 1.69. The Morgan fingerprint density at radius 2 is 1.88 bits per heavy atom. The van der Waals surface area contributed by atoms with Gasteiger partial charge in [0.2, 0.25) is 5.91 Å². The van der Waals surface area contributed by atoms with Gasteiger partial charge in [0.15, 0.2) is 0 Å². The molecule has 1 aromatic rings. The van der Waals surface area contributed by atoms with E-state index in [1.807, 2.05) is 11.2 Å². The number of aliphatic hydroxyl groups is 1. The van der Waals surface area contributed by atoms with Crippen molar-refractivity contribution in [3.63, 3.8) is 0 Å². The van der Waals surface area contributed by atoms with Gasteiger partial charge in [0.1, 0.15) is 0 Å². The third-order valence-electron chi connectivity index (χ3n) is 6.67. The lowest BCUT2D eigenvalue weighted by molar-refractivity contribution is -0.157. The Balaban J connectivity index is 1.29. The molecule has 0 radical (unpaired) electrons. The highest BCUT2D eigenvalue weighted by atomic mass is 16.3. The first-order chi connectivity index (χ1) is 11.8. The Kier molecular flexibility index (Phi) is 3.98. The van der Waals surface area contributed by atoms with Crippen molar-refractivity contribution in [3.8, 4) is 0 Å². The second kappa shape index (κ2) is 5.83. The molecule has 4 rings (SSSR count). The predicted molar refractivity (Wildman–Crippen MR) is 96.2 cm³/mol. The van der Waals surface area contributed by atoms with Crippen molar-refractivity contribution in [1.29, 1.82) is 0 Å². The summed E-state index contributed by atoms with van der Waals surface area (Å²) in [6.07, 6.45) is 10.1. The van der Waals surface area contributed by atoms with E-state index in [1.165, 1.54) is 31.4 Å². The average Bonchev–Trinajstić information content (AvgIpc) is 2.99. The summed E-state index contributed by atoms with van der Waals surface area (Å²) in [6, 6.07) is 0. The van der Waals surface area contributed by atoms with E-state index in [9.17, 15) is 9.90 Å². The van der Waals surface area contributed by atoms with Crippen molar-refractivity contribution >= 4 is 5.91 Å². The summed E-state index contributed by atoms with van der Waals surface area (Å²) in [5.74, 6) is 0.938. The van der Waals surface area contributed by atoms with Gasteiger partial charge in [0, 0.05) is 42.1 Å². The second-order valence-electron chi connectivity index (χ2n) is 9.67. The average molecular weight is 345 g/mol. The van der Waals surface area contributed by atoms with Crippen LogP contribution in [-0.4, -0.2) is 44.7 Å². The number of imidazole rings is 1. The molecule has 1 amide bonds. The minimum Gasteiger partial charge on any atom is -0.393 e. The SMILES string of the molecule is CC(C)(C)n1cnc(C2CCC3(CC2)CN(C(=O)[C@H]2C[C@@H](O)C2)C3)c1. The zero-order valence-corrected chi connectivity index (χ0v) is 15.7. The Morgan fingerprint density at radius 3 is 2.40 bits per heavy atom. The lowest BCUT2D eigenvalue weighted by Crippen LogP contribution is -2.61. The molecule has 0 atom stereocenters. The van der Waals surface area contributed by atoms with Crippen molar-refractivity contribution in [2.75, 3.05) is 13.1 Å². The van der Waals surface area contributed by atoms with Crippen molar-refractivity contribution in [3.05, 3.63) is 18.2 Å². The van der Waals surface area contributed by atoms with Gasteiger partial charge in [-0.1, -0.05) is 0 Å². The minimum atomic E-state index is -0.243. The van der Waals surface area contributed by atoms with E-state index in [-0.39, 0.29) is 23.5 Å². The van der Waals surface area contributed by atoms with E-state index in [4.69, 9.17) is 0 Å². The van der Waals surface area contributed by atoms with Gasteiger partial charge in [-0.2, -0.15) is 0 Å². The maximum atomic E-state index is 12.4. The molecule has 5 nitrogen and oxygen atoms in total. The standard InChI is InChI=1S/C20H31N3O2/c1-19(2,3)23-10-17(21-13-23)14-4-6-20(7-5-14)11-22(12-20)18(25)15-8-16(24)9-15/h10,13-16,24H,4-9,11-12H2,1-3H3/t15-,16+. The van der Waals surface area contributed by atoms with Gasteiger partial charge >= 0.3 is 0 Å². The third-order valence-corrected chi connectivity index (χ3v) is 6.67. The highest BCUT2D eigenvalue weighted by Gasteiger charge is 2.49. The Bertz CT molecular complexity index is 638. The Labute approximate surface area is 150 Å². The van der Waals surface area contributed by atoms with Crippen molar-refractivity contribution in [1.82, 2.24) is 14.5 Å². The number of aliphatic hydroxyl groups excluding tert-OH is 1. The topological polar surface area (TPSA) is 58.4 Å². The zero-order chi connectivity index (χ0) is 17.8. The van der Waals surface area contributed by atoms with Gasteiger partial charge in [-0.15, -0.1) is 0 Å². The molecule has 3 fully saturated rings. The third kappa shape index (κ3) is 3.12. The number of likely N-dealkylation sites (tertiary alicyclic amines) is 1. The Hall–Kier alpha value is -1.36. The van der Waals surface area contributed by atoms with E-state index in [0.29, 0.717) is 24.2 Å². The zero-order valence-electron chi connectivity index (χ0n) is 15.7. The number of hydrogen-bond donors (Lipinski definition) is 1. The molecule has 2 aliphatic carbocycles. The monoisotopic (exact) mass is 345 g/mol. The van der Waals surface area contributed by atoms with Crippen LogP contribution in [-0.2, 0) is 10.3 Å². The van der Waals surface area contributed by atoms with Crippen LogP contribution in [0.15, 0.2) is 12.5 Å². The van der Waals surface area contributed by atoms with Crippen LogP contribution >= 0.6 is 0 Å². The smallest absolute Gasteiger partial charge is 0.225 e. The molecule has 1 N–H and O–H groups in total. The minimum absolute atomic E-state index is 0.0880. The van der Waals surface area contributed by atoms with E-state index < -0.39 is 0 Å². The van der Waals surface area contributed by atoms with E-state index >= 15 is 0 Å². The van der Waals surface area contributed by atoms with Gasteiger partial charge in [-0.25, -0.2) is 4.98 Å². The predicted octanol–water partition coefficient (Wildman–Crippen LogP) is 2.90. The lowest BCUT2D eigenvalue weighted by Gasteiger charge is -2.54. The van der Waals surface area contributed by atoms with Crippen LogP contribution in [0.5, 0.6) is 0 Å². The molecule has 2 heterocycles. The first kappa shape index (κ1) is 17.1. The fraction of sp³-hybridized carbons (Fsp3) is 0.800. The van der Waals surface area contributed by atoms with E-state index in [2.05, 4.69) is 36.5 Å². The quantitative estimate of drug-likeness (QED) is 0.897. The maximum Gasteiger partial charge on any atom is 0.225 e. The molecule has 1 saturated heterocycles. The molecule has 1 aromatic heterocycles. The van der Waals surface area contributed by atoms with Crippen LogP contribution in [0.25, 0.3) is 0 Å². The van der Waals surface area contributed by atoms with Crippen LogP contribution in [0.1, 0.15) is 70.9 Å². The molecule has 3 aliphatic rings. The molecule has 0 aromatic carbocycles. The molecule has 0 bridgehead atoms. The normalized spacial score (nSPS) is 29.4. The molecular weight excluding hydrogens is 314 g/mol. The van der Waals surface area contributed by atoms with Gasteiger partial charge in [0.25, 0.3) is 0 Å². The van der Waals surface area contributed by atoms with Crippen molar-refractivity contribution in [2.24, 2.45) is 11.3 Å². The summed E-state index contributed by atoms with van der Waals surface area (Å²) < 4.78 is 2.21. The first-order valence-electron chi connectivity index (χ1n) is 9.77. The van der Waals surface area contributed by atoms with E-state index in [0.717, 1.165) is 13.1 Å². The highest BCUT2D eigenvalue weighted by Crippen LogP contribution is 2.49. The summed E-state index contributed by atoms with van der Waals surface area (Å²) in [6.45, 7) is 8.48. The van der Waals surface area contributed by atoms with E-state index in [1.54, 1.807) is 0 Å². The summed E-state index contributed by atoms with van der Waals surface area (Å²) in [4.78, 5) is 19.1. The summed E-state index contributed by atoms with van der Waals surface area (Å²) >= 11 is 0. The van der Waals surface area contributed by atoms with Gasteiger partial charge < -0.3 is 14.6 Å². The lowest BCUT2D eigenvalue weighted by atomic mass is 9.65. The molecule has 2 saturated carbocycles. The highest BCUT2D eigenvalue weighted by molar-refractivity contribution is 5.80. The fourth-order valence-corrected chi connectivity index (χ4v) is 4.72. The fourth-order valence-electron chi connectivity index (χ4n) is 4.72. The largest absolute Gasteiger partial charge is 0.393 e. The molecule has 25 heavy (non-hydrogen) atoms. The van der Waals surface area contributed by atoms with Gasteiger partial charge in [-0.3, -0.25) is 4.79 Å². The van der Waals surface area contributed by atoms with Crippen molar-refractivity contribution in [2.45, 2.75) is 76.9 Å². The van der Waals surface area contributed by atoms with Crippen LogP contribution in [0.4, 0.5) is 0 Å². The molecule has 0 unspecified atom stereocenters. The van der Waals surface area contributed by atoms with Crippen LogP contribution in [0, 0.1) is 11.3 Å². The molecule has 1 aliphatic heterocycles. The number of nitrogens with zero attached hydrogens (tertiary/aromatic N) is 3. The van der Waals surface area contributed by atoms with Crippen LogP contribution in [0.3, 0.4) is 0 Å². The molecule has 1 spiro atoms. The number of aromatic nitrogens is 2. The summed E-state index contributed by atoms with van der Waals surface area (Å²) in [7, 11) is 0. The molecule has 138 valence electrons. The first-order valence-corrected chi connectivity index (χ1v) is 9.77. The number of rotatable bonds is 2. The number of amides is 1. The van der Waals surface area contributed by atoms with Crippen molar-refractivity contribution < 1.29 is 9.90 Å². The summed E-state index contributed by atoms with van der Waals surface area (Å²) in [5, 5.41) is 9.39. The Morgan fingerprint density at radius 1 is 1.24 bits per heavy atom. The molecule has 5 heteroatoms.